The van der Waals surface area contributed by atoms with Gasteiger partial charge in [-0.1, -0.05) is 12.1 Å². The van der Waals surface area contributed by atoms with E-state index in [1.807, 2.05) is 35.2 Å². The fraction of sp³-hybridized carbons (Fsp3) is 0.400. The van der Waals surface area contributed by atoms with Gasteiger partial charge in [-0.25, -0.2) is 4.79 Å². The van der Waals surface area contributed by atoms with Crippen LogP contribution in [0.2, 0.25) is 0 Å². The molecule has 2 fully saturated rings. The topological polar surface area (TPSA) is 74.0 Å². The molecule has 1 aromatic heterocycles. The van der Waals surface area contributed by atoms with Crippen molar-refractivity contribution in [3.8, 4) is 11.1 Å². The lowest BCUT2D eigenvalue weighted by Gasteiger charge is -2.38. The van der Waals surface area contributed by atoms with Crippen molar-refractivity contribution in [1.82, 2.24) is 9.80 Å². The fourth-order valence-corrected chi connectivity index (χ4v) is 3.70. The maximum atomic E-state index is 13.1. The Balaban J connectivity index is 1.48. The van der Waals surface area contributed by atoms with Crippen LogP contribution in [0.4, 0.5) is 4.79 Å². The highest BCUT2D eigenvalue weighted by atomic mass is 16.4. The SMILES string of the molecule is O=C(O)N1CCC(N(C(=O)c2ccc(-c3ccoc3)cc2)C2CC2)CC1. The highest BCUT2D eigenvalue weighted by Crippen LogP contribution is 2.33. The molecule has 0 unspecified atom stereocenters. The van der Waals surface area contributed by atoms with Crippen LogP contribution < -0.4 is 0 Å². The fourth-order valence-electron chi connectivity index (χ4n) is 3.70. The smallest absolute Gasteiger partial charge is 0.407 e. The van der Waals surface area contributed by atoms with Gasteiger partial charge in [0.2, 0.25) is 0 Å². The van der Waals surface area contributed by atoms with E-state index in [4.69, 9.17) is 9.52 Å². The molecule has 0 bridgehead atoms. The van der Waals surface area contributed by atoms with Gasteiger partial charge in [-0.3, -0.25) is 4.79 Å². The molecule has 1 saturated heterocycles. The first-order valence-corrected chi connectivity index (χ1v) is 9.06. The molecule has 0 radical (unpaired) electrons. The summed E-state index contributed by atoms with van der Waals surface area (Å²) in [7, 11) is 0. The number of furan rings is 1. The second-order valence-electron chi connectivity index (χ2n) is 7.03. The predicted molar refractivity (Wildman–Crippen MR) is 96.0 cm³/mol. The zero-order valence-electron chi connectivity index (χ0n) is 14.5. The zero-order valence-corrected chi connectivity index (χ0v) is 14.5. The second kappa shape index (κ2) is 6.86. The lowest BCUT2D eigenvalue weighted by molar-refractivity contribution is 0.0551. The van der Waals surface area contributed by atoms with Crippen LogP contribution >= 0.6 is 0 Å². The molecule has 4 rings (SSSR count). The quantitative estimate of drug-likeness (QED) is 0.909. The summed E-state index contributed by atoms with van der Waals surface area (Å²) in [5, 5.41) is 9.11. The number of carbonyl (C=O) groups is 2. The number of likely N-dealkylation sites (tertiary alicyclic amines) is 1. The number of nitrogens with zero attached hydrogens (tertiary/aromatic N) is 2. The summed E-state index contributed by atoms with van der Waals surface area (Å²) in [5.74, 6) is 0.0556. The highest BCUT2D eigenvalue weighted by molar-refractivity contribution is 5.95. The number of benzene rings is 1. The van der Waals surface area contributed by atoms with E-state index in [2.05, 4.69) is 0 Å². The summed E-state index contributed by atoms with van der Waals surface area (Å²) in [5.41, 5.74) is 2.69. The monoisotopic (exact) mass is 354 g/mol. The van der Waals surface area contributed by atoms with Crippen LogP contribution in [0.3, 0.4) is 0 Å². The third-order valence-corrected chi connectivity index (χ3v) is 5.29. The van der Waals surface area contributed by atoms with Crippen molar-refractivity contribution in [3.63, 3.8) is 0 Å². The number of carbonyl (C=O) groups excluding carboxylic acids is 1. The van der Waals surface area contributed by atoms with Gasteiger partial charge in [-0.2, -0.15) is 0 Å². The molecule has 1 aliphatic carbocycles. The Morgan fingerprint density at radius 1 is 0.962 bits per heavy atom. The molecule has 0 atom stereocenters. The van der Waals surface area contributed by atoms with Crippen LogP contribution in [-0.4, -0.2) is 52.1 Å². The van der Waals surface area contributed by atoms with Crippen molar-refractivity contribution in [2.45, 2.75) is 37.8 Å². The maximum absolute atomic E-state index is 13.1. The van der Waals surface area contributed by atoms with Gasteiger partial charge in [-0.15, -0.1) is 0 Å². The molecular weight excluding hydrogens is 332 g/mol. The minimum Gasteiger partial charge on any atom is -0.472 e. The molecule has 2 aromatic rings. The lowest BCUT2D eigenvalue weighted by Crippen LogP contribution is -2.49. The van der Waals surface area contributed by atoms with Crippen LogP contribution in [0.1, 0.15) is 36.0 Å². The van der Waals surface area contributed by atoms with Gasteiger partial charge in [0.25, 0.3) is 5.91 Å². The number of hydrogen-bond donors (Lipinski definition) is 1. The zero-order chi connectivity index (χ0) is 18.1. The molecule has 26 heavy (non-hydrogen) atoms. The van der Waals surface area contributed by atoms with Crippen LogP contribution in [0.5, 0.6) is 0 Å². The Bertz CT molecular complexity index is 773. The maximum Gasteiger partial charge on any atom is 0.407 e. The lowest BCUT2D eigenvalue weighted by atomic mass is 10.0. The Labute approximate surface area is 152 Å². The molecule has 1 N–H and O–H groups in total. The summed E-state index contributed by atoms with van der Waals surface area (Å²) < 4.78 is 5.11. The Kier molecular flexibility index (Phi) is 4.41. The van der Waals surface area contributed by atoms with Gasteiger partial charge in [0.1, 0.15) is 0 Å². The van der Waals surface area contributed by atoms with Crippen molar-refractivity contribution in [2.24, 2.45) is 0 Å². The van der Waals surface area contributed by atoms with Crippen LogP contribution in [0, 0.1) is 0 Å². The minimum absolute atomic E-state index is 0.0556. The van der Waals surface area contributed by atoms with E-state index < -0.39 is 6.09 Å². The Morgan fingerprint density at radius 2 is 1.62 bits per heavy atom. The summed E-state index contributed by atoms with van der Waals surface area (Å²) in [6.45, 7) is 0.992. The summed E-state index contributed by atoms with van der Waals surface area (Å²) in [6.07, 6.45) is 5.94. The molecule has 136 valence electrons. The third kappa shape index (κ3) is 3.31. The third-order valence-electron chi connectivity index (χ3n) is 5.29. The van der Waals surface area contributed by atoms with E-state index in [1.165, 1.54) is 4.90 Å². The van der Waals surface area contributed by atoms with Gasteiger partial charge in [0.15, 0.2) is 0 Å². The molecule has 2 amide bonds. The van der Waals surface area contributed by atoms with Gasteiger partial charge >= 0.3 is 6.09 Å². The first-order valence-electron chi connectivity index (χ1n) is 9.06. The van der Waals surface area contributed by atoms with Crippen molar-refractivity contribution in [2.75, 3.05) is 13.1 Å². The molecule has 2 heterocycles. The van der Waals surface area contributed by atoms with Crippen molar-refractivity contribution in [3.05, 3.63) is 48.4 Å². The first-order chi connectivity index (χ1) is 12.6. The minimum atomic E-state index is -0.873. The number of rotatable bonds is 4. The highest BCUT2D eigenvalue weighted by Gasteiger charge is 2.39. The Morgan fingerprint density at radius 3 is 2.15 bits per heavy atom. The first kappa shape index (κ1) is 16.7. The number of piperidine rings is 1. The second-order valence-corrected chi connectivity index (χ2v) is 7.03. The normalized spacial score (nSPS) is 17.9. The molecule has 1 saturated carbocycles. The van der Waals surface area contributed by atoms with E-state index in [9.17, 15) is 9.59 Å². The number of hydrogen-bond acceptors (Lipinski definition) is 3. The van der Waals surface area contributed by atoms with Crippen molar-refractivity contribution >= 4 is 12.0 Å². The average Bonchev–Trinajstić information content (AvgIpc) is 3.34. The molecule has 2 aliphatic rings. The number of carboxylic acid groups (broad SMARTS) is 1. The molecule has 1 aromatic carbocycles. The van der Waals surface area contributed by atoms with Crippen molar-refractivity contribution < 1.29 is 19.1 Å². The van der Waals surface area contributed by atoms with Crippen LogP contribution in [0.15, 0.2) is 47.3 Å². The summed E-state index contributed by atoms with van der Waals surface area (Å²) >= 11 is 0. The van der Waals surface area contributed by atoms with E-state index >= 15 is 0 Å². The summed E-state index contributed by atoms with van der Waals surface area (Å²) in [6, 6.07) is 9.94. The van der Waals surface area contributed by atoms with Gasteiger partial charge in [0.05, 0.1) is 12.5 Å². The van der Waals surface area contributed by atoms with E-state index in [1.54, 1.807) is 12.5 Å². The summed E-state index contributed by atoms with van der Waals surface area (Å²) in [4.78, 5) is 27.7. The van der Waals surface area contributed by atoms with Gasteiger partial charge < -0.3 is 19.3 Å². The van der Waals surface area contributed by atoms with E-state index in [0.717, 1.165) is 24.0 Å². The predicted octanol–water partition coefficient (Wildman–Crippen LogP) is 3.69. The number of amides is 2. The van der Waals surface area contributed by atoms with E-state index in [-0.39, 0.29) is 11.9 Å². The van der Waals surface area contributed by atoms with E-state index in [0.29, 0.717) is 37.5 Å². The van der Waals surface area contributed by atoms with Crippen LogP contribution in [-0.2, 0) is 0 Å². The van der Waals surface area contributed by atoms with Gasteiger partial charge in [0, 0.05) is 36.3 Å². The Hall–Kier alpha value is -2.76. The molecular formula is C20H22N2O4. The van der Waals surface area contributed by atoms with Crippen LogP contribution in [0.25, 0.3) is 11.1 Å². The van der Waals surface area contributed by atoms with Gasteiger partial charge in [-0.05, 0) is 49.4 Å². The molecule has 0 spiro atoms. The largest absolute Gasteiger partial charge is 0.472 e. The molecule has 1 aliphatic heterocycles. The average molecular weight is 354 g/mol. The molecule has 6 heteroatoms. The standard InChI is InChI=1S/C20H22N2O4/c23-19(15-3-1-14(2-4-15)16-9-12-26-13-16)22(17-5-6-17)18-7-10-21(11-8-18)20(24)25/h1-4,9,12-13,17-18H,5-8,10-11H2,(H,24,25). The van der Waals surface area contributed by atoms with Crippen molar-refractivity contribution in [1.29, 1.82) is 0 Å². The molecule has 6 nitrogen and oxygen atoms in total.